The third-order valence-corrected chi connectivity index (χ3v) is 6.18. The molecule has 0 bridgehead atoms. The number of hydrogen-bond acceptors (Lipinski definition) is 2. The summed E-state index contributed by atoms with van der Waals surface area (Å²) in [6.07, 6.45) is 4.67. The second kappa shape index (κ2) is 9.23. The van der Waals surface area contributed by atoms with Gasteiger partial charge in [0, 0.05) is 18.9 Å². The standard InChI is InChI=1S/C23H27Cl2NO/c1-26(2)15-16-6-9-18(10-7-16)19-4-3-5-20(14-19)23(27)13-17-8-11-21(24)22(25)12-17/h6-12,19-20H,3-5,13-15H2,1-2H3. The van der Waals surface area contributed by atoms with Gasteiger partial charge >= 0.3 is 0 Å². The quantitative estimate of drug-likeness (QED) is 0.576. The molecule has 0 aliphatic heterocycles. The first-order valence-corrected chi connectivity index (χ1v) is 10.4. The van der Waals surface area contributed by atoms with Crippen LogP contribution >= 0.6 is 23.2 Å². The summed E-state index contributed by atoms with van der Waals surface area (Å²) < 4.78 is 0. The minimum Gasteiger partial charge on any atom is -0.305 e. The molecule has 0 heterocycles. The van der Waals surface area contributed by atoms with E-state index in [0.717, 1.165) is 31.4 Å². The molecule has 0 saturated heterocycles. The second-order valence-electron chi connectivity index (χ2n) is 7.93. The highest BCUT2D eigenvalue weighted by Crippen LogP contribution is 2.37. The lowest BCUT2D eigenvalue weighted by Crippen LogP contribution is -2.23. The molecule has 2 nitrogen and oxygen atoms in total. The summed E-state index contributed by atoms with van der Waals surface area (Å²) in [4.78, 5) is 15.0. The topological polar surface area (TPSA) is 20.3 Å². The minimum atomic E-state index is 0.139. The van der Waals surface area contributed by atoms with Crippen molar-refractivity contribution in [2.24, 2.45) is 5.92 Å². The highest BCUT2D eigenvalue weighted by atomic mass is 35.5. The fourth-order valence-electron chi connectivity index (χ4n) is 4.04. The highest BCUT2D eigenvalue weighted by Gasteiger charge is 2.28. The molecular formula is C23H27Cl2NO. The van der Waals surface area contributed by atoms with Crippen molar-refractivity contribution in [2.75, 3.05) is 14.1 Å². The van der Waals surface area contributed by atoms with Gasteiger partial charge in [0.1, 0.15) is 5.78 Å². The third-order valence-electron chi connectivity index (χ3n) is 5.44. The number of carbonyl (C=O) groups is 1. The zero-order valence-electron chi connectivity index (χ0n) is 16.1. The van der Waals surface area contributed by atoms with Crippen LogP contribution in [0.25, 0.3) is 0 Å². The van der Waals surface area contributed by atoms with Crippen molar-refractivity contribution in [3.8, 4) is 0 Å². The summed E-state index contributed by atoms with van der Waals surface area (Å²) in [5.41, 5.74) is 3.64. The lowest BCUT2D eigenvalue weighted by molar-refractivity contribution is -0.123. The summed E-state index contributed by atoms with van der Waals surface area (Å²) in [7, 11) is 4.16. The summed E-state index contributed by atoms with van der Waals surface area (Å²) in [5, 5.41) is 1.05. The fraction of sp³-hybridized carbons (Fsp3) is 0.435. The van der Waals surface area contributed by atoms with Crippen molar-refractivity contribution in [2.45, 2.75) is 44.6 Å². The fourth-order valence-corrected chi connectivity index (χ4v) is 4.36. The maximum absolute atomic E-state index is 12.8. The smallest absolute Gasteiger partial charge is 0.140 e. The second-order valence-corrected chi connectivity index (χ2v) is 8.75. The number of carbonyl (C=O) groups excluding carboxylic acids is 1. The van der Waals surface area contributed by atoms with Crippen LogP contribution in [0.3, 0.4) is 0 Å². The molecule has 0 radical (unpaired) electrons. The molecule has 27 heavy (non-hydrogen) atoms. The minimum absolute atomic E-state index is 0.139. The van der Waals surface area contributed by atoms with Gasteiger partial charge in [-0.25, -0.2) is 0 Å². The number of halogens is 2. The molecule has 2 aromatic rings. The summed E-state index contributed by atoms with van der Waals surface area (Å²) in [5.74, 6) is 0.942. The van der Waals surface area contributed by atoms with Crippen molar-refractivity contribution >= 4 is 29.0 Å². The van der Waals surface area contributed by atoms with Crippen molar-refractivity contribution in [1.29, 1.82) is 0 Å². The monoisotopic (exact) mass is 403 g/mol. The highest BCUT2D eigenvalue weighted by molar-refractivity contribution is 6.42. The molecule has 2 atom stereocenters. The van der Waals surface area contributed by atoms with Gasteiger partial charge in [0.05, 0.1) is 10.0 Å². The maximum Gasteiger partial charge on any atom is 0.140 e. The van der Waals surface area contributed by atoms with E-state index in [-0.39, 0.29) is 5.92 Å². The van der Waals surface area contributed by atoms with Gasteiger partial charge in [-0.2, -0.15) is 0 Å². The Morgan fingerprint density at radius 2 is 1.70 bits per heavy atom. The van der Waals surface area contributed by atoms with E-state index in [2.05, 4.69) is 43.3 Å². The van der Waals surface area contributed by atoms with E-state index in [0.29, 0.717) is 28.2 Å². The van der Waals surface area contributed by atoms with E-state index in [4.69, 9.17) is 23.2 Å². The van der Waals surface area contributed by atoms with E-state index in [1.54, 1.807) is 6.07 Å². The Morgan fingerprint density at radius 3 is 2.37 bits per heavy atom. The van der Waals surface area contributed by atoms with Crippen molar-refractivity contribution in [3.63, 3.8) is 0 Å². The van der Waals surface area contributed by atoms with Crippen LogP contribution in [0, 0.1) is 5.92 Å². The molecule has 144 valence electrons. The largest absolute Gasteiger partial charge is 0.305 e. The predicted octanol–water partition coefficient (Wildman–Crippen LogP) is 6.14. The molecule has 0 spiro atoms. The maximum atomic E-state index is 12.8. The summed E-state index contributed by atoms with van der Waals surface area (Å²) in [6, 6.07) is 14.4. The van der Waals surface area contributed by atoms with Crippen LogP contribution in [-0.4, -0.2) is 24.8 Å². The van der Waals surface area contributed by atoms with Gasteiger partial charge in [-0.05, 0) is 68.1 Å². The number of hydrogen-bond donors (Lipinski definition) is 0. The van der Waals surface area contributed by atoms with Crippen molar-refractivity contribution in [1.82, 2.24) is 4.90 Å². The molecule has 1 fully saturated rings. The van der Waals surface area contributed by atoms with Crippen LogP contribution in [0.5, 0.6) is 0 Å². The first kappa shape index (κ1) is 20.4. The van der Waals surface area contributed by atoms with Gasteiger partial charge in [0.25, 0.3) is 0 Å². The van der Waals surface area contributed by atoms with Gasteiger partial charge in [-0.3, -0.25) is 4.79 Å². The average Bonchev–Trinajstić information content (AvgIpc) is 2.65. The number of ketones is 1. The molecule has 0 amide bonds. The SMILES string of the molecule is CN(C)Cc1ccc(C2CCCC(C(=O)Cc3ccc(Cl)c(Cl)c3)C2)cc1. The molecule has 0 aromatic heterocycles. The van der Waals surface area contributed by atoms with E-state index < -0.39 is 0 Å². The Morgan fingerprint density at radius 1 is 1.00 bits per heavy atom. The van der Waals surface area contributed by atoms with Gasteiger partial charge < -0.3 is 4.90 Å². The van der Waals surface area contributed by atoms with E-state index in [9.17, 15) is 4.79 Å². The molecule has 2 unspecified atom stereocenters. The van der Waals surface area contributed by atoms with Crippen LogP contribution in [0.2, 0.25) is 10.0 Å². The number of benzene rings is 2. The lowest BCUT2D eigenvalue weighted by Gasteiger charge is -2.29. The molecule has 2 aromatic carbocycles. The molecule has 0 N–H and O–H groups in total. The molecular weight excluding hydrogens is 377 g/mol. The van der Waals surface area contributed by atoms with Crippen LogP contribution < -0.4 is 0 Å². The predicted molar refractivity (Wildman–Crippen MR) is 114 cm³/mol. The Kier molecular flexibility index (Phi) is 6.97. The molecule has 3 rings (SSSR count). The zero-order chi connectivity index (χ0) is 19.4. The molecule has 1 aliphatic rings. The Hall–Kier alpha value is -1.35. The summed E-state index contributed by atoms with van der Waals surface area (Å²) >= 11 is 12.1. The van der Waals surface area contributed by atoms with E-state index in [1.807, 2.05) is 12.1 Å². The van der Waals surface area contributed by atoms with Gasteiger partial charge in [-0.1, -0.05) is 60.0 Å². The van der Waals surface area contributed by atoms with Gasteiger partial charge in [0.15, 0.2) is 0 Å². The Labute approximate surface area is 172 Å². The third kappa shape index (κ3) is 5.57. The Bertz CT molecular complexity index is 785. The first-order chi connectivity index (χ1) is 12.9. The number of rotatable bonds is 6. The lowest BCUT2D eigenvalue weighted by atomic mass is 9.75. The Balaban J connectivity index is 1.62. The van der Waals surface area contributed by atoms with Crippen LogP contribution in [-0.2, 0) is 17.8 Å². The number of nitrogens with zero attached hydrogens (tertiary/aromatic N) is 1. The van der Waals surface area contributed by atoms with Gasteiger partial charge in [0.2, 0.25) is 0 Å². The van der Waals surface area contributed by atoms with Crippen molar-refractivity contribution < 1.29 is 4.79 Å². The molecule has 1 saturated carbocycles. The van der Waals surface area contributed by atoms with Crippen LogP contribution in [0.4, 0.5) is 0 Å². The summed E-state index contributed by atoms with van der Waals surface area (Å²) in [6.45, 7) is 0.954. The van der Waals surface area contributed by atoms with Crippen LogP contribution in [0.1, 0.15) is 48.3 Å². The zero-order valence-corrected chi connectivity index (χ0v) is 17.6. The van der Waals surface area contributed by atoms with Gasteiger partial charge in [-0.15, -0.1) is 0 Å². The van der Waals surface area contributed by atoms with E-state index in [1.165, 1.54) is 17.5 Å². The number of Topliss-reactive ketones (excluding diaryl/α,β-unsaturated/α-hetero) is 1. The first-order valence-electron chi connectivity index (χ1n) is 9.62. The average molecular weight is 404 g/mol. The normalized spacial score (nSPS) is 20.0. The van der Waals surface area contributed by atoms with Crippen LogP contribution in [0.15, 0.2) is 42.5 Å². The van der Waals surface area contributed by atoms with E-state index >= 15 is 0 Å². The van der Waals surface area contributed by atoms with Crippen molar-refractivity contribution in [3.05, 3.63) is 69.2 Å². The molecule has 4 heteroatoms. The molecule has 1 aliphatic carbocycles.